The highest BCUT2D eigenvalue weighted by Gasteiger charge is 2.25. The Bertz CT molecular complexity index is 1440. The largest absolute Gasteiger partial charge is 0.495 e. The highest BCUT2D eigenvalue weighted by molar-refractivity contribution is 6.31. The van der Waals surface area contributed by atoms with Gasteiger partial charge in [0.25, 0.3) is 5.56 Å². The number of carbonyl (C=O) groups excluding carboxylic acids is 2. The van der Waals surface area contributed by atoms with E-state index in [4.69, 9.17) is 25.8 Å². The lowest BCUT2D eigenvalue weighted by molar-refractivity contribution is -0.119. The van der Waals surface area contributed by atoms with E-state index in [0.29, 0.717) is 11.3 Å². The van der Waals surface area contributed by atoms with Crippen molar-refractivity contribution in [3.8, 4) is 22.6 Å². The molecule has 0 aliphatic heterocycles. The van der Waals surface area contributed by atoms with Crippen molar-refractivity contribution in [1.82, 2.24) is 4.57 Å². The van der Waals surface area contributed by atoms with Crippen LogP contribution in [-0.4, -0.2) is 49.5 Å². The summed E-state index contributed by atoms with van der Waals surface area (Å²) in [5.74, 6) is -1.13. The number of ether oxygens (including phenoxy) is 4. The molecule has 41 heavy (non-hydrogen) atoms. The van der Waals surface area contributed by atoms with E-state index in [1.165, 1.54) is 55.3 Å². The number of hydrogen-bond donors (Lipinski definition) is 1. The predicted octanol–water partition coefficient (Wildman–Crippen LogP) is 5.95. The van der Waals surface area contributed by atoms with Gasteiger partial charge in [-0.05, 0) is 63.2 Å². The summed E-state index contributed by atoms with van der Waals surface area (Å²) in [6.07, 6.45) is 1.44. The molecule has 0 aliphatic carbocycles. The molecule has 1 unspecified atom stereocenters. The number of nitrogens with one attached hydrogen (secondary N) is 1. The van der Waals surface area contributed by atoms with Crippen LogP contribution in [0.1, 0.15) is 43.6 Å². The predicted molar refractivity (Wildman–Crippen MR) is 150 cm³/mol. The summed E-state index contributed by atoms with van der Waals surface area (Å²) in [7, 11) is 2.79. The molecule has 0 aliphatic rings. The summed E-state index contributed by atoms with van der Waals surface area (Å²) in [5.41, 5.74) is -0.319. The smallest absolute Gasteiger partial charge is 0.387 e. The maximum Gasteiger partial charge on any atom is 0.387 e. The third kappa shape index (κ3) is 8.51. The number of methoxy groups -OCH3 is 2. The Labute approximate surface area is 240 Å². The van der Waals surface area contributed by atoms with Crippen molar-refractivity contribution in [2.24, 2.45) is 0 Å². The minimum Gasteiger partial charge on any atom is -0.495 e. The Morgan fingerprint density at radius 3 is 2.24 bits per heavy atom. The molecule has 12 heteroatoms. The molecule has 0 radical (unpaired) electrons. The molecular weight excluding hydrogens is 562 g/mol. The summed E-state index contributed by atoms with van der Waals surface area (Å²) < 4.78 is 47.8. The summed E-state index contributed by atoms with van der Waals surface area (Å²) in [6.45, 7) is 2.31. The van der Waals surface area contributed by atoms with E-state index < -0.39 is 35.7 Å². The fourth-order valence-corrected chi connectivity index (χ4v) is 4.11. The number of halogens is 3. The second-order valence-corrected chi connectivity index (χ2v) is 10.3. The van der Waals surface area contributed by atoms with E-state index in [1.54, 1.807) is 32.9 Å². The molecule has 0 fully saturated rings. The van der Waals surface area contributed by atoms with E-state index in [0.717, 1.165) is 6.07 Å². The average molecular weight is 593 g/mol. The van der Waals surface area contributed by atoms with Crippen LogP contribution in [0.4, 0.5) is 14.5 Å². The first-order valence-corrected chi connectivity index (χ1v) is 12.9. The van der Waals surface area contributed by atoms with Crippen LogP contribution in [0, 0.1) is 0 Å². The molecule has 1 amide bonds. The molecule has 1 atom stereocenters. The Hall–Kier alpha value is -3.96. The van der Waals surface area contributed by atoms with Crippen LogP contribution in [0.3, 0.4) is 0 Å². The zero-order valence-electron chi connectivity index (χ0n) is 23.2. The van der Waals surface area contributed by atoms with Crippen molar-refractivity contribution in [1.29, 1.82) is 0 Å². The molecule has 3 rings (SSSR count). The minimum atomic E-state index is -3.11. The van der Waals surface area contributed by atoms with Crippen molar-refractivity contribution in [3.05, 3.63) is 75.7 Å². The van der Waals surface area contributed by atoms with Crippen LogP contribution < -0.4 is 20.3 Å². The number of amides is 1. The van der Waals surface area contributed by atoms with E-state index in [9.17, 15) is 23.2 Å². The number of anilines is 1. The van der Waals surface area contributed by atoms with Crippen molar-refractivity contribution >= 4 is 29.2 Å². The Kier molecular flexibility index (Phi) is 10.5. The van der Waals surface area contributed by atoms with Gasteiger partial charge in [-0.3, -0.25) is 14.2 Å². The Balaban J connectivity index is 1.95. The monoisotopic (exact) mass is 592 g/mol. The summed E-state index contributed by atoms with van der Waals surface area (Å²) in [5, 5.41) is 2.97. The molecule has 1 heterocycles. The van der Waals surface area contributed by atoms with Crippen LogP contribution in [0.5, 0.6) is 11.5 Å². The standard InChI is InChI=1S/C29H31ClF2N2O7/c1-29(2,3)41-27(37)17-6-9-19(10-7-17)33-26(36)22(12-13-38-4)34-16-24(39-5)21(15-25(34)35)20-14-18(30)8-11-23(20)40-28(31)32/h6-11,14-16,22,28H,12-13H2,1-5H3,(H,33,36). The fourth-order valence-electron chi connectivity index (χ4n) is 3.93. The second-order valence-electron chi connectivity index (χ2n) is 9.89. The number of pyridine rings is 1. The molecule has 1 aromatic heterocycles. The molecule has 1 N–H and O–H groups in total. The second kappa shape index (κ2) is 13.6. The number of esters is 1. The molecular formula is C29H31ClF2N2O7. The third-order valence-electron chi connectivity index (χ3n) is 5.73. The van der Waals surface area contributed by atoms with Crippen LogP contribution in [-0.2, 0) is 14.3 Å². The number of alkyl halides is 2. The number of hydrogen-bond acceptors (Lipinski definition) is 7. The molecule has 0 saturated heterocycles. The van der Waals surface area contributed by atoms with Gasteiger partial charge in [-0.1, -0.05) is 11.6 Å². The van der Waals surface area contributed by atoms with Gasteiger partial charge in [0, 0.05) is 48.0 Å². The van der Waals surface area contributed by atoms with E-state index in [-0.39, 0.29) is 40.7 Å². The van der Waals surface area contributed by atoms with Gasteiger partial charge in [0.1, 0.15) is 23.1 Å². The van der Waals surface area contributed by atoms with Crippen molar-refractivity contribution in [2.75, 3.05) is 26.1 Å². The fraction of sp³-hybridized carbons (Fsp3) is 0.345. The first kappa shape index (κ1) is 31.6. The highest BCUT2D eigenvalue weighted by Crippen LogP contribution is 2.38. The zero-order chi connectivity index (χ0) is 30.3. The number of nitrogens with zero attached hydrogens (tertiary/aromatic N) is 1. The highest BCUT2D eigenvalue weighted by atomic mass is 35.5. The average Bonchev–Trinajstić information content (AvgIpc) is 2.89. The summed E-state index contributed by atoms with van der Waals surface area (Å²) in [4.78, 5) is 39.0. The molecule has 9 nitrogen and oxygen atoms in total. The van der Waals surface area contributed by atoms with Gasteiger partial charge >= 0.3 is 12.6 Å². The van der Waals surface area contributed by atoms with Crippen molar-refractivity contribution in [2.45, 2.75) is 45.4 Å². The molecule has 3 aromatic rings. The van der Waals surface area contributed by atoms with Gasteiger partial charge in [-0.2, -0.15) is 8.78 Å². The minimum absolute atomic E-state index is 0.113. The number of aromatic nitrogens is 1. The molecule has 0 saturated carbocycles. The van der Waals surface area contributed by atoms with Gasteiger partial charge in [-0.15, -0.1) is 0 Å². The van der Waals surface area contributed by atoms with Gasteiger partial charge in [0.15, 0.2) is 0 Å². The van der Waals surface area contributed by atoms with Crippen LogP contribution >= 0.6 is 11.6 Å². The molecule has 0 bridgehead atoms. The van der Waals surface area contributed by atoms with E-state index >= 15 is 0 Å². The lowest BCUT2D eigenvalue weighted by Gasteiger charge is -2.22. The zero-order valence-corrected chi connectivity index (χ0v) is 24.0. The molecule has 0 spiro atoms. The Morgan fingerprint density at radius 1 is 1.00 bits per heavy atom. The van der Waals surface area contributed by atoms with Crippen LogP contribution in [0.25, 0.3) is 11.1 Å². The third-order valence-corrected chi connectivity index (χ3v) is 5.97. The lowest BCUT2D eigenvalue weighted by atomic mass is 10.0. The molecule has 2 aromatic carbocycles. The van der Waals surface area contributed by atoms with Crippen molar-refractivity contribution < 1.29 is 37.3 Å². The van der Waals surface area contributed by atoms with Crippen LogP contribution in [0.2, 0.25) is 5.02 Å². The van der Waals surface area contributed by atoms with E-state index in [2.05, 4.69) is 10.1 Å². The SMILES string of the molecule is COCCC(C(=O)Nc1ccc(C(=O)OC(C)(C)C)cc1)n1cc(OC)c(-c2cc(Cl)ccc2OC(F)F)cc1=O. The first-order valence-electron chi connectivity index (χ1n) is 12.5. The summed E-state index contributed by atoms with van der Waals surface area (Å²) in [6, 6.07) is 10.2. The van der Waals surface area contributed by atoms with Gasteiger partial charge in [0.2, 0.25) is 5.91 Å². The lowest BCUT2D eigenvalue weighted by Crippen LogP contribution is -2.34. The normalized spacial score (nSPS) is 12.1. The molecule has 220 valence electrons. The van der Waals surface area contributed by atoms with Gasteiger partial charge < -0.3 is 24.3 Å². The van der Waals surface area contributed by atoms with Crippen LogP contribution in [0.15, 0.2) is 59.5 Å². The first-order chi connectivity index (χ1) is 19.3. The number of benzene rings is 2. The van der Waals surface area contributed by atoms with Crippen molar-refractivity contribution in [3.63, 3.8) is 0 Å². The quantitative estimate of drug-likeness (QED) is 0.274. The van der Waals surface area contributed by atoms with Gasteiger partial charge in [0.05, 0.1) is 18.9 Å². The maximum atomic E-state index is 13.4. The Morgan fingerprint density at radius 2 is 1.66 bits per heavy atom. The van der Waals surface area contributed by atoms with Gasteiger partial charge in [-0.25, -0.2) is 4.79 Å². The topological polar surface area (TPSA) is 105 Å². The summed E-state index contributed by atoms with van der Waals surface area (Å²) >= 11 is 6.09. The van der Waals surface area contributed by atoms with E-state index in [1.807, 2.05) is 0 Å². The number of rotatable bonds is 11. The maximum absolute atomic E-state index is 13.4. The number of carbonyl (C=O) groups is 2.